The van der Waals surface area contributed by atoms with E-state index in [1.54, 1.807) is 36.4 Å². The van der Waals surface area contributed by atoms with Crippen LogP contribution in [-0.4, -0.2) is 17.2 Å². The molecule has 1 unspecified atom stereocenters. The third-order valence-electron chi connectivity index (χ3n) is 3.10. The van der Waals surface area contributed by atoms with Crippen LogP contribution in [0.2, 0.25) is 0 Å². The molecule has 0 aliphatic heterocycles. The smallest absolute Gasteiger partial charge is 0.257 e. The number of carbonyl (C=O) groups excluding carboxylic acids is 2. The molecule has 2 N–H and O–H groups in total. The Hall–Kier alpha value is -2.33. The Kier molecular flexibility index (Phi) is 5.55. The van der Waals surface area contributed by atoms with Crippen molar-refractivity contribution < 1.29 is 9.59 Å². The standard InChI is InChI=1S/C17H17ClN2O2/c1-2-14(18)17(22)20-15-11-7-6-10-13(15)16(21)19-12-8-4-3-5-9-12/h3-11,14H,2H2,1H3,(H,19,21)(H,20,22). The van der Waals surface area contributed by atoms with E-state index in [4.69, 9.17) is 11.6 Å². The Balaban J connectivity index is 2.17. The molecule has 0 aliphatic carbocycles. The van der Waals surface area contributed by atoms with Crippen molar-refractivity contribution in [3.63, 3.8) is 0 Å². The van der Waals surface area contributed by atoms with E-state index < -0.39 is 5.38 Å². The van der Waals surface area contributed by atoms with Gasteiger partial charge in [0.2, 0.25) is 5.91 Å². The van der Waals surface area contributed by atoms with Crippen LogP contribution in [0.3, 0.4) is 0 Å². The Morgan fingerprint density at radius 1 is 1.00 bits per heavy atom. The maximum Gasteiger partial charge on any atom is 0.257 e. The molecule has 4 nitrogen and oxygen atoms in total. The zero-order valence-corrected chi connectivity index (χ0v) is 12.9. The van der Waals surface area contributed by atoms with Crippen molar-refractivity contribution >= 4 is 34.8 Å². The highest BCUT2D eigenvalue weighted by molar-refractivity contribution is 6.32. The fourth-order valence-electron chi connectivity index (χ4n) is 1.91. The van der Waals surface area contributed by atoms with Crippen molar-refractivity contribution in [1.29, 1.82) is 0 Å². The minimum atomic E-state index is -0.620. The van der Waals surface area contributed by atoms with Gasteiger partial charge in [-0.15, -0.1) is 11.6 Å². The molecule has 2 amide bonds. The van der Waals surface area contributed by atoms with Gasteiger partial charge in [-0.05, 0) is 30.7 Å². The summed E-state index contributed by atoms with van der Waals surface area (Å²) >= 11 is 5.91. The molecule has 0 aliphatic rings. The summed E-state index contributed by atoms with van der Waals surface area (Å²) in [6.45, 7) is 1.82. The van der Waals surface area contributed by atoms with Crippen molar-refractivity contribution in [2.24, 2.45) is 0 Å². The van der Waals surface area contributed by atoms with Gasteiger partial charge >= 0.3 is 0 Å². The average molecular weight is 317 g/mol. The second kappa shape index (κ2) is 7.61. The van der Waals surface area contributed by atoms with E-state index in [0.717, 1.165) is 0 Å². The molecular formula is C17H17ClN2O2. The third kappa shape index (κ3) is 4.09. The molecule has 0 saturated heterocycles. The number of benzene rings is 2. The first-order valence-corrected chi connectivity index (χ1v) is 7.45. The number of nitrogens with one attached hydrogen (secondary N) is 2. The first-order valence-electron chi connectivity index (χ1n) is 7.02. The summed E-state index contributed by atoms with van der Waals surface area (Å²) in [6.07, 6.45) is 0.520. The molecule has 2 rings (SSSR count). The second-order valence-electron chi connectivity index (χ2n) is 4.73. The minimum Gasteiger partial charge on any atom is -0.324 e. The third-order valence-corrected chi connectivity index (χ3v) is 3.61. The summed E-state index contributed by atoms with van der Waals surface area (Å²) < 4.78 is 0. The monoisotopic (exact) mass is 316 g/mol. The second-order valence-corrected chi connectivity index (χ2v) is 5.26. The van der Waals surface area contributed by atoms with Gasteiger partial charge in [-0.1, -0.05) is 37.3 Å². The van der Waals surface area contributed by atoms with E-state index >= 15 is 0 Å². The Morgan fingerprint density at radius 2 is 1.64 bits per heavy atom. The molecule has 0 saturated carbocycles. The number of hydrogen-bond donors (Lipinski definition) is 2. The first kappa shape index (κ1) is 16.0. The number of alkyl halides is 1. The van der Waals surface area contributed by atoms with Crippen molar-refractivity contribution in [2.75, 3.05) is 10.6 Å². The summed E-state index contributed by atoms with van der Waals surface area (Å²) in [5, 5.41) is 4.87. The lowest BCUT2D eigenvalue weighted by Crippen LogP contribution is -2.24. The fraction of sp³-hybridized carbons (Fsp3) is 0.176. The maximum atomic E-state index is 12.4. The fourth-order valence-corrected chi connectivity index (χ4v) is 1.96. The highest BCUT2D eigenvalue weighted by Crippen LogP contribution is 2.18. The van der Waals surface area contributed by atoms with Gasteiger partial charge in [-0.3, -0.25) is 9.59 Å². The van der Waals surface area contributed by atoms with E-state index in [0.29, 0.717) is 23.4 Å². The lowest BCUT2D eigenvalue weighted by atomic mass is 10.1. The number of carbonyl (C=O) groups is 2. The maximum absolute atomic E-state index is 12.4. The highest BCUT2D eigenvalue weighted by atomic mass is 35.5. The van der Waals surface area contributed by atoms with Crippen molar-refractivity contribution in [1.82, 2.24) is 0 Å². The Bertz CT molecular complexity index is 659. The van der Waals surface area contributed by atoms with Gasteiger partial charge in [0.05, 0.1) is 11.3 Å². The zero-order valence-electron chi connectivity index (χ0n) is 12.2. The quantitative estimate of drug-likeness (QED) is 0.822. The van der Waals surface area contributed by atoms with Gasteiger partial charge in [-0.25, -0.2) is 0 Å². The molecule has 0 fully saturated rings. The number of amides is 2. The number of hydrogen-bond acceptors (Lipinski definition) is 2. The van der Waals surface area contributed by atoms with Crippen LogP contribution < -0.4 is 10.6 Å². The molecule has 0 spiro atoms. The van der Waals surface area contributed by atoms with E-state index in [2.05, 4.69) is 10.6 Å². The summed E-state index contributed by atoms with van der Waals surface area (Å²) in [5.74, 6) is -0.603. The van der Waals surface area contributed by atoms with Gasteiger partial charge in [0.15, 0.2) is 0 Å². The SMILES string of the molecule is CCC(Cl)C(=O)Nc1ccccc1C(=O)Nc1ccccc1. The minimum absolute atomic E-state index is 0.287. The largest absolute Gasteiger partial charge is 0.324 e. The van der Waals surface area contributed by atoms with Crippen LogP contribution in [0.15, 0.2) is 54.6 Å². The molecule has 0 bridgehead atoms. The molecular weight excluding hydrogens is 300 g/mol. The predicted octanol–water partition coefficient (Wildman–Crippen LogP) is 3.89. The van der Waals surface area contributed by atoms with Crippen molar-refractivity contribution in [2.45, 2.75) is 18.7 Å². The molecule has 114 valence electrons. The highest BCUT2D eigenvalue weighted by Gasteiger charge is 2.17. The lowest BCUT2D eigenvalue weighted by molar-refractivity contribution is -0.115. The van der Waals surface area contributed by atoms with Crippen LogP contribution in [0, 0.1) is 0 Å². The van der Waals surface area contributed by atoms with Crippen molar-refractivity contribution in [3.8, 4) is 0 Å². The molecule has 5 heteroatoms. The van der Waals surface area contributed by atoms with Crippen LogP contribution in [0.4, 0.5) is 11.4 Å². The number of halogens is 1. The van der Waals surface area contributed by atoms with E-state index in [9.17, 15) is 9.59 Å². The summed E-state index contributed by atoms with van der Waals surface area (Å²) in [6, 6.07) is 16.0. The van der Waals surface area contributed by atoms with Gasteiger partial charge in [0.25, 0.3) is 5.91 Å². The van der Waals surface area contributed by atoms with Gasteiger partial charge < -0.3 is 10.6 Å². The lowest BCUT2D eigenvalue weighted by Gasteiger charge is -2.13. The molecule has 0 radical (unpaired) electrons. The number of anilines is 2. The summed E-state index contributed by atoms with van der Waals surface area (Å²) in [7, 11) is 0. The van der Waals surface area contributed by atoms with Crippen LogP contribution in [0.5, 0.6) is 0 Å². The van der Waals surface area contributed by atoms with Gasteiger partial charge in [-0.2, -0.15) is 0 Å². The topological polar surface area (TPSA) is 58.2 Å². The Labute approximate surface area is 134 Å². The Morgan fingerprint density at radius 3 is 2.32 bits per heavy atom. The normalized spacial score (nSPS) is 11.5. The van der Waals surface area contributed by atoms with Gasteiger partial charge in [0, 0.05) is 5.69 Å². The van der Waals surface area contributed by atoms with E-state index in [1.165, 1.54) is 0 Å². The molecule has 2 aromatic carbocycles. The van der Waals surface area contributed by atoms with Gasteiger partial charge in [0.1, 0.15) is 5.38 Å². The summed E-state index contributed by atoms with van der Waals surface area (Å²) in [5.41, 5.74) is 1.53. The van der Waals surface area contributed by atoms with Crippen LogP contribution in [0.1, 0.15) is 23.7 Å². The average Bonchev–Trinajstić information content (AvgIpc) is 2.55. The summed E-state index contributed by atoms with van der Waals surface area (Å²) in [4.78, 5) is 24.3. The van der Waals surface area contributed by atoms with Crippen LogP contribution >= 0.6 is 11.6 Å². The molecule has 0 aromatic heterocycles. The zero-order chi connectivity index (χ0) is 15.9. The molecule has 22 heavy (non-hydrogen) atoms. The first-order chi connectivity index (χ1) is 10.6. The molecule has 2 aromatic rings. The van der Waals surface area contributed by atoms with Crippen LogP contribution in [0.25, 0.3) is 0 Å². The van der Waals surface area contributed by atoms with Crippen LogP contribution in [-0.2, 0) is 4.79 Å². The predicted molar refractivity (Wildman–Crippen MR) is 89.4 cm³/mol. The van der Waals surface area contributed by atoms with Crippen molar-refractivity contribution in [3.05, 3.63) is 60.2 Å². The van der Waals surface area contributed by atoms with E-state index in [1.807, 2.05) is 25.1 Å². The molecule has 0 heterocycles. The van der Waals surface area contributed by atoms with E-state index in [-0.39, 0.29) is 11.8 Å². The molecule has 1 atom stereocenters. The number of rotatable bonds is 5. The number of para-hydroxylation sites is 2.